The molecule has 17 heteroatoms. The van der Waals surface area contributed by atoms with Gasteiger partial charge >= 0.3 is 17.7 Å². The zero-order valence-electron chi connectivity index (χ0n) is 31.4. The van der Waals surface area contributed by atoms with Gasteiger partial charge in [-0.15, -0.1) is 0 Å². The molecule has 6 aromatic rings. The molecule has 0 saturated heterocycles. The van der Waals surface area contributed by atoms with Gasteiger partial charge in [-0.3, -0.25) is 9.13 Å². The summed E-state index contributed by atoms with van der Waals surface area (Å²) in [5.41, 5.74) is 15.5. The summed E-state index contributed by atoms with van der Waals surface area (Å²) in [4.78, 5) is 38.7. The predicted molar refractivity (Wildman–Crippen MR) is 206 cm³/mol. The number of nitrogens with zero attached hydrogens (tertiary/aromatic N) is 8. The SMILES string of the molecule is CCCCOc1nc(N)c2[nH]c(=O)n(Cc3ccc(OCCN(C)C)cc3)c2n1.CCCCOc1nc(N)c2nc(OC)n(Cc3ccc(O)cc3)c2n1. The normalized spacial score (nSPS) is 11.1. The first-order valence-corrected chi connectivity index (χ1v) is 17.8. The molecule has 0 saturated carbocycles. The van der Waals surface area contributed by atoms with Crippen molar-refractivity contribution in [2.45, 2.75) is 52.6 Å². The molecule has 0 unspecified atom stereocenters. The van der Waals surface area contributed by atoms with Crippen LogP contribution in [0.4, 0.5) is 11.6 Å². The van der Waals surface area contributed by atoms with E-state index in [1.807, 2.05) is 50.5 Å². The molecule has 6 N–H and O–H groups in total. The minimum atomic E-state index is -0.294. The van der Waals surface area contributed by atoms with Crippen LogP contribution in [0.3, 0.4) is 0 Å². The Balaban J connectivity index is 0.000000210. The molecule has 6 rings (SSSR count). The van der Waals surface area contributed by atoms with Crippen LogP contribution in [0.15, 0.2) is 53.3 Å². The van der Waals surface area contributed by atoms with Gasteiger partial charge in [-0.05, 0) is 62.3 Å². The molecule has 0 aliphatic rings. The number of aromatic amines is 1. The number of aromatic nitrogens is 8. The van der Waals surface area contributed by atoms with Crippen molar-refractivity contribution >= 4 is 34.0 Å². The summed E-state index contributed by atoms with van der Waals surface area (Å²) in [7, 11) is 5.54. The van der Waals surface area contributed by atoms with Crippen molar-refractivity contribution in [1.29, 1.82) is 0 Å². The average Bonchev–Trinajstić information content (AvgIpc) is 3.67. The highest BCUT2D eigenvalue weighted by atomic mass is 16.5. The zero-order chi connectivity index (χ0) is 38.6. The van der Waals surface area contributed by atoms with E-state index in [4.69, 9.17) is 30.4 Å². The molecule has 288 valence electrons. The van der Waals surface area contributed by atoms with Crippen molar-refractivity contribution in [2.75, 3.05) is 59.0 Å². The van der Waals surface area contributed by atoms with E-state index in [0.29, 0.717) is 61.2 Å². The molecule has 0 aliphatic carbocycles. The zero-order valence-corrected chi connectivity index (χ0v) is 31.4. The highest BCUT2D eigenvalue weighted by Crippen LogP contribution is 2.27. The first-order chi connectivity index (χ1) is 26.1. The van der Waals surface area contributed by atoms with Gasteiger partial charge in [0.15, 0.2) is 28.4 Å². The Kier molecular flexibility index (Phi) is 13.5. The van der Waals surface area contributed by atoms with Crippen LogP contribution in [-0.2, 0) is 13.1 Å². The van der Waals surface area contributed by atoms with Crippen LogP contribution in [0.1, 0.15) is 50.7 Å². The fraction of sp³-hybridized carbons (Fsp3) is 0.405. The fourth-order valence-corrected chi connectivity index (χ4v) is 5.21. The third kappa shape index (κ3) is 10.1. The smallest absolute Gasteiger partial charge is 0.328 e. The van der Waals surface area contributed by atoms with E-state index in [9.17, 15) is 9.90 Å². The van der Waals surface area contributed by atoms with E-state index >= 15 is 0 Å². The van der Waals surface area contributed by atoms with Gasteiger partial charge in [-0.25, -0.2) is 4.79 Å². The van der Waals surface area contributed by atoms with Crippen LogP contribution in [0.2, 0.25) is 0 Å². The molecule has 17 nitrogen and oxygen atoms in total. The van der Waals surface area contributed by atoms with E-state index in [2.05, 4.69) is 48.7 Å². The van der Waals surface area contributed by atoms with Crippen LogP contribution in [0.25, 0.3) is 22.3 Å². The summed E-state index contributed by atoms with van der Waals surface area (Å²) in [5.74, 6) is 1.45. The average molecular weight is 744 g/mol. The molecule has 0 aliphatic heterocycles. The number of methoxy groups -OCH3 is 1. The number of nitrogen functional groups attached to an aromatic ring is 2. The standard InChI is InChI=1S/C20H28N6O3.C17H21N5O3/c1-4-5-11-29-19-23-17(21)16-18(24-19)26(20(27)22-16)13-14-6-8-15(9-7-14)28-12-10-25(2)3;1-3-4-9-25-16-20-14(18)13-15(21-16)22(17(19-13)24-2)10-11-5-7-12(23)8-6-11/h6-9H,4-5,10-13H2,1-3H3,(H,22,27)(H2,21,23,24);5-8,23H,3-4,9-10H2,1-2H3,(H2,18,20,21). The first kappa shape index (κ1) is 39.1. The molecule has 0 amide bonds. The van der Waals surface area contributed by atoms with Crippen molar-refractivity contribution in [3.8, 4) is 29.5 Å². The van der Waals surface area contributed by atoms with Crippen LogP contribution >= 0.6 is 0 Å². The number of H-pyrrole nitrogens is 1. The number of hydrogen-bond donors (Lipinski definition) is 4. The maximum absolute atomic E-state index is 12.5. The Morgan fingerprint density at radius 2 is 1.31 bits per heavy atom. The summed E-state index contributed by atoms with van der Waals surface area (Å²) in [5, 5.41) is 9.43. The summed E-state index contributed by atoms with van der Waals surface area (Å²) in [6.45, 7) is 7.47. The topological polar surface area (TPSA) is 220 Å². The number of phenols is 1. The van der Waals surface area contributed by atoms with Gasteiger partial charge in [0, 0.05) is 6.54 Å². The number of imidazole rings is 2. The Labute approximate surface area is 312 Å². The molecule has 4 aromatic heterocycles. The van der Waals surface area contributed by atoms with Crippen molar-refractivity contribution in [3.63, 3.8) is 0 Å². The lowest BCUT2D eigenvalue weighted by molar-refractivity contribution is 0.261. The van der Waals surface area contributed by atoms with E-state index in [0.717, 1.165) is 49.1 Å². The van der Waals surface area contributed by atoms with Crippen molar-refractivity contribution < 1.29 is 24.1 Å². The maximum atomic E-state index is 12.5. The van der Waals surface area contributed by atoms with E-state index in [1.54, 1.807) is 16.7 Å². The van der Waals surface area contributed by atoms with Crippen molar-refractivity contribution in [1.82, 2.24) is 43.9 Å². The molecule has 0 atom stereocenters. The monoisotopic (exact) mass is 743 g/mol. The fourth-order valence-electron chi connectivity index (χ4n) is 5.21. The highest BCUT2D eigenvalue weighted by molar-refractivity contribution is 5.83. The first-order valence-electron chi connectivity index (χ1n) is 17.8. The Bertz CT molecular complexity index is 2160. The van der Waals surface area contributed by atoms with E-state index in [-0.39, 0.29) is 35.1 Å². The van der Waals surface area contributed by atoms with Gasteiger partial charge in [0.2, 0.25) is 0 Å². The molecule has 0 fully saturated rings. The summed E-state index contributed by atoms with van der Waals surface area (Å²) < 4.78 is 25.5. The summed E-state index contributed by atoms with van der Waals surface area (Å²) in [6, 6.07) is 15.4. The number of phenolic OH excluding ortho intramolecular Hbond substituents is 1. The molecule has 4 heterocycles. The summed E-state index contributed by atoms with van der Waals surface area (Å²) >= 11 is 0. The number of nitrogens with one attached hydrogen (secondary N) is 1. The Morgan fingerprint density at radius 3 is 1.91 bits per heavy atom. The molecule has 0 spiro atoms. The molecular weight excluding hydrogens is 694 g/mol. The number of likely N-dealkylation sites (N-methyl/N-ethyl adjacent to an activating group) is 1. The minimum absolute atomic E-state index is 0.181. The predicted octanol–water partition coefficient (Wildman–Crippen LogP) is 4.22. The van der Waals surface area contributed by atoms with Gasteiger partial charge < -0.3 is 45.4 Å². The Morgan fingerprint density at radius 1 is 0.741 bits per heavy atom. The van der Waals surface area contributed by atoms with Gasteiger partial charge in [0.1, 0.15) is 23.6 Å². The molecular formula is C37H49N11O6. The second kappa shape index (κ2) is 18.6. The minimum Gasteiger partial charge on any atom is -0.508 e. The lowest BCUT2D eigenvalue weighted by Gasteiger charge is -2.11. The van der Waals surface area contributed by atoms with Gasteiger partial charge in [-0.2, -0.15) is 24.9 Å². The van der Waals surface area contributed by atoms with Crippen molar-refractivity contribution in [3.05, 3.63) is 70.1 Å². The maximum Gasteiger partial charge on any atom is 0.328 e. The van der Waals surface area contributed by atoms with Gasteiger partial charge in [-0.1, -0.05) is 51.0 Å². The molecule has 0 radical (unpaired) electrons. The Hall–Kier alpha value is -6.10. The third-order valence-corrected chi connectivity index (χ3v) is 8.19. The number of unbranched alkanes of at least 4 members (excludes halogenated alkanes) is 2. The van der Waals surface area contributed by atoms with Crippen LogP contribution < -0.4 is 36.1 Å². The number of aromatic hydroxyl groups is 1. The van der Waals surface area contributed by atoms with Gasteiger partial charge in [0.25, 0.3) is 6.01 Å². The number of hydrogen-bond acceptors (Lipinski definition) is 14. The number of anilines is 2. The van der Waals surface area contributed by atoms with E-state index < -0.39 is 0 Å². The lowest BCUT2D eigenvalue weighted by atomic mass is 10.2. The van der Waals surface area contributed by atoms with Gasteiger partial charge in [0.05, 0.1) is 33.4 Å². The van der Waals surface area contributed by atoms with Crippen LogP contribution in [-0.4, -0.2) is 96.6 Å². The van der Waals surface area contributed by atoms with Crippen LogP contribution in [0.5, 0.6) is 29.5 Å². The second-order valence-electron chi connectivity index (χ2n) is 12.7. The van der Waals surface area contributed by atoms with Crippen LogP contribution in [0, 0.1) is 0 Å². The second-order valence-corrected chi connectivity index (χ2v) is 12.7. The summed E-state index contributed by atoms with van der Waals surface area (Å²) in [6.07, 6.45) is 3.83. The largest absolute Gasteiger partial charge is 0.508 e. The number of rotatable bonds is 17. The third-order valence-electron chi connectivity index (χ3n) is 8.19. The highest BCUT2D eigenvalue weighted by Gasteiger charge is 2.19. The van der Waals surface area contributed by atoms with E-state index in [1.165, 1.54) is 11.7 Å². The molecule has 0 bridgehead atoms. The van der Waals surface area contributed by atoms with Crippen molar-refractivity contribution in [2.24, 2.45) is 0 Å². The molecule has 2 aromatic carbocycles. The number of benzene rings is 2. The molecule has 54 heavy (non-hydrogen) atoms. The number of nitrogens with two attached hydrogens (primary N) is 2. The lowest BCUT2D eigenvalue weighted by Crippen LogP contribution is -2.19. The number of fused-ring (bicyclic) bond motifs is 2. The quantitative estimate of drug-likeness (QED) is 0.0962. The number of ether oxygens (including phenoxy) is 4.